The van der Waals surface area contributed by atoms with Gasteiger partial charge in [-0.3, -0.25) is 9.78 Å². The molecule has 8 heteroatoms. The monoisotopic (exact) mass is 427 g/mol. The highest BCUT2D eigenvalue weighted by molar-refractivity contribution is 5.89. The van der Waals surface area contributed by atoms with Crippen molar-refractivity contribution in [3.63, 3.8) is 0 Å². The maximum absolute atomic E-state index is 13.2. The number of amides is 3. The van der Waals surface area contributed by atoms with Crippen molar-refractivity contribution in [1.82, 2.24) is 15.2 Å². The summed E-state index contributed by atoms with van der Waals surface area (Å²) in [6.07, 6.45) is 4.82. The van der Waals surface area contributed by atoms with E-state index in [4.69, 9.17) is 5.73 Å². The molecular weight excluding hydrogens is 397 g/mol. The largest absolute Gasteiger partial charge is 0.354 e. The van der Waals surface area contributed by atoms with Gasteiger partial charge in [-0.1, -0.05) is 12.1 Å². The van der Waals surface area contributed by atoms with Crippen LogP contribution in [0, 0.1) is 11.7 Å². The number of pyridine rings is 1. The molecule has 2 aromatic rings. The molecule has 0 aliphatic carbocycles. The second-order valence-corrected chi connectivity index (χ2v) is 8.50. The Hall–Kier alpha value is -3.00. The van der Waals surface area contributed by atoms with Gasteiger partial charge < -0.3 is 21.3 Å². The fourth-order valence-electron chi connectivity index (χ4n) is 3.76. The van der Waals surface area contributed by atoms with Gasteiger partial charge in [0.2, 0.25) is 5.91 Å². The Kier molecular flexibility index (Phi) is 7.22. The van der Waals surface area contributed by atoms with Crippen LogP contribution in [-0.2, 0) is 10.2 Å². The lowest BCUT2D eigenvalue weighted by Crippen LogP contribution is -2.50. The lowest BCUT2D eigenvalue weighted by atomic mass is 9.83. The minimum absolute atomic E-state index is 0.132. The van der Waals surface area contributed by atoms with Gasteiger partial charge in [-0.05, 0) is 62.4 Å². The first kappa shape index (κ1) is 22.7. The van der Waals surface area contributed by atoms with Gasteiger partial charge in [-0.2, -0.15) is 0 Å². The normalized spacial score (nSPS) is 15.9. The third-order valence-corrected chi connectivity index (χ3v) is 6.00. The number of carbonyl (C=O) groups is 2. The van der Waals surface area contributed by atoms with Crippen molar-refractivity contribution < 1.29 is 14.0 Å². The summed E-state index contributed by atoms with van der Waals surface area (Å²) >= 11 is 0. The number of rotatable bonds is 6. The van der Waals surface area contributed by atoms with Gasteiger partial charge in [-0.25, -0.2) is 9.18 Å². The van der Waals surface area contributed by atoms with E-state index in [-0.39, 0.29) is 29.7 Å². The van der Waals surface area contributed by atoms with Crippen LogP contribution in [0.2, 0.25) is 0 Å². The van der Waals surface area contributed by atoms with Gasteiger partial charge in [0.05, 0.1) is 5.41 Å². The van der Waals surface area contributed by atoms with E-state index < -0.39 is 5.41 Å². The molecule has 1 saturated heterocycles. The third-order valence-electron chi connectivity index (χ3n) is 6.00. The number of hydrogen-bond acceptors (Lipinski definition) is 4. The molecule has 0 spiro atoms. The molecule has 1 fully saturated rings. The van der Waals surface area contributed by atoms with E-state index in [1.54, 1.807) is 55.4 Å². The Labute approximate surface area is 182 Å². The second-order valence-electron chi connectivity index (χ2n) is 8.50. The van der Waals surface area contributed by atoms with Crippen molar-refractivity contribution in [2.75, 3.05) is 25.0 Å². The number of nitrogens with zero attached hydrogens (tertiary/aromatic N) is 2. The number of aromatic nitrogens is 1. The first-order valence-corrected chi connectivity index (χ1v) is 10.5. The van der Waals surface area contributed by atoms with Gasteiger partial charge in [0.1, 0.15) is 5.82 Å². The van der Waals surface area contributed by atoms with Crippen LogP contribution in [0.25, 0.3) is 0 Å². The van der Waals surface area contributed by atoms with Crippen molar-refractivity contribution in [1.29, 1.82) is 0 Å². The van der Waals surface area contributed by atoms with Crippen LogP contribution in [0.4, 0.5) is 14.9 Å². The third kappa shape index (κ3) is 5.79. The lowest BCUT2D eigenvalue weighted by Gasteiger charge is -2.35. The summed E-state index contributed by atoms with van der Waals surface area (Å²) in [6, 6.07) is 9.13. The lowest BCUT2D eigenvalue weighted by molar-refractivity contribution is -0.125. The Morgan fingerprint density at radius 3 is 2.39 bits per heavy atom. The number of carbonyl (C=O) groups excluding carboxylic acids is 2. The molecule has 3 amide bonds. The van der Waals surface area contributed by atoms with E-state index in [9.17, 15) is 14.0 Å². The molecule has 0 saturated carbocycles. The highest BCUT2D eigenvalue weighted by Gasteiger charge is 2.31. The van der Waals surface area contributed by atoms with Crippen LogP contribution >= 0.6 is 0 Å². The number of benzene rings is 1. The Morgan fingerprint density at radius 2 is 1.77 bits per heavy atom. The molecule has 0 bridgehead atoms. The van der Waals surface area contributed by atoms with Gasteiger partial charge in [0.25, 0.3) is 0 Å². The summed E-state index contributed by atoms with van der Waals surface area (Å²) < 4.78 is 13.2. The second kappa shape index (κ2) is 9.87. The number of likely N-dealkylation sites (tertiary alicyclic amines) is 1. The van der Waals surface area contributed by atoms with Crippen molar-refractivity contribution in [2.45, 2.75) is 38.1 Å². The number of nitrogens with one attached hydrogen (secondary N) is 2. The Balaban J connectivity index is 1.45. The summed E-state index contributed by atoms with van der Waals surface area (Å²) in [7, 11) is 0. The summed E-state index contributed by atoms with van der Waals surface area (Å²) in [5, 5.41) is 5.81. The van der Waals surface area contributed by atoms with Crippen molar-refractivity contribution in [3.8, 4) is 0 Å². The number of piperidine rings is 1. The Bertz CT molecular complexity index is 881. The number of anilines is 1. The van der Waals surface area contributed by atoms with Crippen molar-refractivity contribution in [3.05, 3.63) is 60.2 Å². The van der Waals surface area contributed by atoms with E-state index in [0.29, 0.717) is 25.3 Å². The minimum atomic E-state index is -0.790. The molecular formula is C23H30FN5O2. The number of nitrogens with two attached hydrogens (primary N) is 1. The zero-order valence-corrected chi connectivity index (χ0v) is 18.0. The molecule has 3 rings (SSSR count). The topological polar surface area (TPSA) is 100 Å². The van der Waals surface area contributed by atoms with Gasteiger partial charge >= 0.3 is 6.03 Å². The molecule has 7 nitrogen and oxygen atoms in total. The molecule has 1 aromatic heterocycles. The molecule has 1 aromatic carbocycles. The molecule has 31 heavy (non-hydrogen) atoms. The first-order chi connectivity index (χ1) is 14.8. The van der Waals surface area contributed by atoms with Crippen LogP contribution < -0.4 is 16.4 Å². The standard InChI is InChI=1S/C23H30FN5O2/c1-23(2,17-3-5-18(24)6-4-17)21(30)27-15-20(25)16-9-13-29(14-10-16)22(31)28-19-7-11-26-12-8-19/h3-8,11-12,16,20H,9-10,13-15,25H2,1-2H3,(H,27,30)(H,26,28,31). The molecule has 166 valence electrons. The highest BCUT2D eigenvalue weighted by atomic mass is 19.1. The van der Waals surface area contributed by atoms with Crippen molar-refractivity contribution >= 4 is 17.6 Å². The van der Waals surface area contributed by atoms with E-state index in [1.807, 2.05) is 0 Å². The quantitative estimate of drug-likeness (QED) is 0.660. The maximum Gasteiger partial charge on any atom is 0.321 e. The fraction of sp³-hybridized carbons (Fsp3) is 0.435. The molecule has 4 N–H and O–H groups in total. The Morgan fingerprint density at radius 1 is 1.16 bits per heavy atom. The molecule has 1 unspecified atom stereocenters. The van der Waals surface area contributed by atoms with Crippen LogP contribution in [0.3, 0.4) is 0 Å². The summed E-state index contributed by atoms with van der Waals surface area (Å²) in [5.74, 6) is -0.259. The van der Waals surface area contributed by atoms with Gasteiger partial charge in [-0.15, -0.1) is 0 Å². The average molecular weight is 428 g/mol. The predicted octanol–water partition coefficient (Wildman–Crippen LogP) is 2.89. The number of urea groups is 1. The van der Waals surface area contributed by atoms with E-state index >= 15 is 0 Å². The average Bonchev–Trinajstić information content (AvgIpc) is 2.78. The first-order valence-electron chi connectivity index (χ1n) is 10.5. The summed E-state index contributed by atoms with van der Waals surface area (Å²) in [6.45, 7) is 5.20. The minimum Gasteiger partial charge on any atom is -0.354 e. The SMILES string of the molecule is CC(C)(C(=O)NCC(N)C1CCN(C(=O)Nc2ccncc2)CC1)c1ccc(F)cc1. The highest BCUT2D eigenvalue weighted by Crippen LogP contribution is 2.24. The zero-order chi connectivity index (χ0) is 22.4. The number of halogens is 1. The molecule has 1 aliphatic heterocycles. The van der Waals surface area contributed by atoms with E-state index in [1.165, 1.54) is 12.1 Å². The maximum atomic E-state index is 13.2. The molecule has 1 atom stereocenters. The van der Waals surface area contributed by atoms with Gasteiger partial charge in [0.15, 0.2) is 0 Å². The van der Waals surface area contributed by atoms with Crippen LogP contribution in [-0.4, -0.2) is 47.5 Å². The van der Waals surface area contributed by atoms with Gasteiger partial charge in [0, 0.05) is 43.8 Å². The van der Waals surface area contributed by atoms with Crippen LogP contribution in [0.15, 0.2) is 48.8 Å². The van der Waals surface area contributed by atoms with E-state index in [2.05, 4.69) is 15.6 Å². The molecule has 0 radical (unpaired) electrons. The van der Waals surface area contributed by atoms with Crippen molar-refractivity contribution in [2.24, 2.45) is 11.7 Å². The zero-order valence-electron chi connectivity index (χ0n) is 18.0. The molecule has 2 heterocycles. The predicted molar refractivity (Wildman–Crippen MR) is 118 cm³/mol. The fourth-order valence-corrected chi connectivity index (χ4v) is 3.76. The smallest absolute Gasteiger partial charge is 0.321 e. The van der Waals surface area contributed by atoms with E-state index in [0.717, 1.165) is 18.4 Å². The van der Waals surface area contributed by atoms with Crippen LogP contribution in [0.5, 0.6) is 0 Å². The summed E-state index contributed by atoms with van der Waals surface area (Å²) in [5.41, 5.74) is 7.02. The molecule has 1 aliphatic rings. The summed E-state index contributed by atoms with van der Waals surface area (Å²) in [4.78, 5) is 30.8. The van der Waals surface area contributed by atoms with Crippen LogP contribution in [0.1, 0.15) is 32.3 Å². The number of hydrogen-bond donors (Lipinski definition) is 3.